The topological polar surface area (TPSA) is 38.3 Å². The molecular formula is C16H21NO2. The van der Waals surface area contributed by atoms with Crippen LogP contribution >= 0.6 is 0 Å². The van der Waals surface area contributed by atoms with Crippen LogP contribution in [-0.2, 0) is 9.53 Å². The lowest BCUT2D eigenvalue weighted by molar-refractivity contribution is -0.143. The Morgan fingerprint density at radius 2 is 2.16 bits per heavy atom. The van der Waals surface area contributed by atoms with Crippen molar-refractivity contribution < 1.29 is 9.53 Å². The van der Waals surface area contributed by atoms with Crippen LogP contribution in [0.25, 0.3) is 0 Å². The second-order valence-electron chi connectivity index (χ2n) is 4.93. The van der Waals surface area contributed by atoms with Crippen molar-refractivity contribution in [1.82, 2.24) is 5.32 Å². The molecule has 0 heterocycles. The normalized spacial score (nSPS) is 19.9. The highest BCUT2D eigenvalue weighted by Gasteiger charge is 2.22. The van der Waals surface area contributed by atoms with Crippen LogP contribution in [0.2, 0.25) is 0 Å². The average Bonchev–Trinajstić information content (AvgIpc) is 2.49. The number of carbonyl (C=O) groups excluding carboxylic acids is 1. The first-order valence-corrected chi connectivity index (χ1v) is 6.82. The number of nitrogens with one attached hydrogen (secondary N) is 1. The van der Waals surface area contributed by atoms with Crippen molar-refractivity contribution in [3.05, 3.63) is 48.0 Å². The van der Waals surface area contributed by atoms with Gasteiger partial charge in [0.25, 0.3) is 0 Å². The van der Waals surface area contributed by atoms with Crippen LogP contribution in [0.15, 0.2) is 42.5 Å². The van der Waals surface area contributed by atoms with Gasteiger partial charge < -0.3 is 10.1 Å². The molecule has 0 saturated carbocycles. The Bertz CT molecular complexity index is 428. The van der Waals surface area contributed by atoms with E-state index >= 15 is 0 Å². The number of hydrogen-bond donors (Lipinski definition) is 1. The molecule has 0 saturated heterocycles. The van der Waals surface area contributed by atoms with Crippen molar-refractivity contribution >= 4 is 5.97 Å². The first kappa shape index (κ1) is 13.8. The molecule has 1 aliphatic rings. The predicted molar refractivity (Wildman–Crippen MR) is 75.7 cm³/mol. The SMILES string of the molecule is COC(=O)C(NCC1CC=CCC1)c1ccccc1. The number of esters is 1. The summed E-state index contributed by atoms with van der Waals surface area (Å²) in [5.41, 5.74) is 0.959. The Hall–Kier alpha value is -1.61. The summed E-state index contributed by atoms with van der Waals surface area (Å²) in [5, 5.41) is 3.35. The van der Waals surface area contributed by atoms with Crippen molar-refractivity contribution in [3.8, 4) is 0 Å². The van der Waals surface area contributed by atoms with Crippen LogP contribution in [0.5, 0.6) is 0 Å². The molecule has 1 aromatic rings. The van der Waals surface area contributed by atoms with Crippen LogP contribution in [0, 0.1) is 5.92 Å². The fraction of sp³-hybridized carbons (Fsp3) is 0.438. The summed E-state index contributed by atoms with van der Waals surface area (Å²) < 4.78 is 4.89. The molecule has 2 unspecified atom stereocenters. The number of ether oxygens (including phenoxy) is 1. The Kier molecular flexibility index (Phi) is 5.16. The molecule has 0 spiro atoms. The lowest BCUT2D eigenvalue weighted by Crippen LogP contribution is -2.33. The quantitative estimate of drug-likeness (QED) is 0.652. The minimum absolute atomic E-state index is 0.224. The van der Waals surface area contributed by atoms with E-state index in [4.69, 9.17) is 4.74 Å². The smallest absolute Gasteiger partial charge is 0.327 e. The second kappa shape index (κ2) is 7.10. The van der Waals surface area contributed by atoms with Gasteiger partial charge in [-0.2, -0.15) is 0 Å². The van der Waals surface area contributed by atoms with Gasteiger partial charge in [0, 0.05) is 0 Å². The highest BCUT2D eigenvalue weighted by molar-refractivity contribution is 5.77. The van der Waals surface area contributed by atoms with Gasteiger partial charge >= 0.3 is 5.97 Å². The van der Waals surface area contributed by atoms with E-state index in [0.717, 1.165) is 24.9 Å². The molecule has 1 aliphatic carbocycles. The maximum atomic E-state index is 11.9. The molecule has 0 radical (unpaired) electrons. The summed E-state index contributed by atoms with van der Waals surface area (Å²) in [6.45, 7) is 0.846. The third-order valence-corrected chi connectivity index (χ3v) is 3.56. The van der Waals surface area contributed by atoms with Gasteiger partial charge in [-0.15, -0.1) is 0 Å². The van der Waals surface area contributed by atoms with Gasteiger partial charge in [-0.1, -0.05) is 42.5 Å². The van der Waals surface area contributed by atoms with Gasteiger partial charge in [0.15, 0.2) is 0 Å². The first-order valence-electron chi connectivity index (χ1n) is 6.82. The van der Waals surface area contributed by atoms with Crippen molar-refractivity contribution in [2.45, 2.75) is 25.3 Å². The molecule has 0 amide bonds. The van der Waals surface area contributed by atoms with Crippen LogP contribution in [0.3, 0.4) is 0 Å². The van der Waals surface area contributed by atoms with Crippen LogP contribution < -0.4 is 5.32 Å². The largest absolute Gasteiger partial charge is 0.468 e. The molecule has 1 aromatic carbocycles. The molecule has 0 fully saturated rings. The maximum Gasteiger partial charge on any atom is 0.327 e. The van der Waals surface area contributed by atoms with Crippen LogP contribution in [0.4, 0.5) is 0 Å². The average molecular weight is 259 g/mol. The molecule has 3 nitrogen and oxygen atoms in total. The second-order valence-corrected chi connectivity index (χ2v) is 4.93. The monoisotopic (exact) mass is 259 g/mol. The highest BCUT2D eigenvalue weighted by atomic mass is 16.5. The van der Waals surface area contributed by atoms with E-state index in [2.05, 4.69) is 17.5 Å². The zero-order chi connectivity index (χ0) is 13.5. The summed E-state index contributed by atoms with van der Waals surface area (Å²) in [6.07, 6.45) is 7.87. The van der Waals surface area contributed by atoms with Gasteiger partial charge in [0.2, 0.25) is 0 Å². The summed E-state index contributed by atoms with van der Waals surface area (Å²) in [6, 6.07) is 9.37. The molecule has 19 heavy (non-hydrogen) atoms. The van der Waals surface area contributed by atoms with E-state index in [0.29, 0.717) is 5.92 Å². The van der Waals surface area contributed by atoms with E-state index in [9.17, 15) is 4.79 Å². The molecule has 2 atom stereocenters. The molecule has 1 N–H and O–H groups in total. The predicted octanol–water partition coefficient (Wildman–Crippen LogP) is 2.85. The lowest BCUT2D eigenvalue weighted by Gasteiger charge is -2.22. The number of rotatable bonds is 5. The van der Waals surface area contributed by atoms with Crippen molar-refractivity contribution in [3.63, 3.8) is 0 Å². The van der Waals surface area contributed by atoms with Crippen LogP contribution in [0.1, 0.15) is 30.9 Å². The summed E-state index contributed by atoms with van der Waals surface area (Å²) in [4.78, 5) is 11.9. The Balaban J connectivity index is 1.98. The van der Waals surface area contributed by atoms with E-state index in [1.54, 1.807) is 0 Å². The zero-order valence-corrected chi connectivity index (χ0v) is 11.3. The lowest BCUT2D eigenvalue weighted by atomic mass is 9.94. The Labute approximate surface area is 114 Å². The molecular weight excluding hydrogens is 238 g/mol. The maximum absolute atomic E-state index is 11.9. The van der Waals surface area contributed by atoms with Gasteiger partial charge in [-0.3, -0.25) is 0 Å². The first-order chi connectivity index (χ1) is 9.31. The number of hydrogen-bond acceptors (Lipinski definition) is 3. The highest BCUT2D eigenvalue weighted by Crippen LogP contribution is 2.20. The van der Waals surface area contributed by atoms with Crippen LogP contribution in [-0.4, -0.2) is 19.6 Å². The molecule has 0 aliphatic heterocycles. The van der Waals surface area contributed by atoms with Gasteiger partial charge in [-0.05, 0) is 37.3 Å². The molecule has 102 valence electrons. The Morgan fingerprint density at radius 3 is 2.79 bits per heavy atom. The fourth-order valence-electron chi connectivity index (χ4n) is 2.43. The molecule has 0 aromatic heterocycles. The van der Waals surface area contributed by atoms with Gasteiger partial charge in [0.05, 0.1) is 7.11 Å². The number of methoxy groups -OCH3 is 1. The summed E-state index contributed by atoms with van der Waals surface area (Å²) in [5.74, 6) is 0.387. The number of allylic oxidation sites excluding steroid dienone is 2. The molecule has 2 rings (SSSR count). The zero-order valence-electron chi connectivity index (χ0n) is 11.3. The molecule has 0 bridgehead atoms. The summed E-state index contributed by atoms with van der Waals surface area (Å²) >= 11 is 0. The number of benzene rings is 1. The van der Waals surface area contributed by atoms with E-state index in [-0.39, 0.29) is 12.0 Å². The number of carbonyl (C=O) groups is 1. The third-order valence-electron chi connectivity index (χ3n) is 3.56. The minimum Gasteiger partial charge on any atom is -0.468 e. The van der Waals surface area contributed by atoms with E-state index in [1.165, 1.54) is 13.5 Å². The van der Waals surface area contributed by atoms with Crippen molar-refractivity contribution in [2.75, 3.05) is 13.7 Å². The van der Waals surface area contributed by atoms with E-state index in [1.807, 2.05) is 30.3 Å². The minimum atomic E-state index is -0.364. The van der Waals surface area contributed by atoms with Crippen molar-refractivity contribution in [1.29, 1.82) is 0 Å². The third kappa shape index (κ3) is 3.93. The van der Waals surface area contributed by atoms with Gasteiger partial charge in [-0.25, -0.2) is 4.79 Å². The fourth-order valence-corrected chi connectivity index (χ4v) is 2.43. The van der Waals surface area contributed by atoms with E-state index < -0.39 is 0 Å². The summed E-state index contributed by atoms with van der Waals surface area (Å²) in [7, 11) is 1.43. The van der Waals surface area contributed by atoms with Gasteiger partial charge in [0.1, 0.15) is 6.04 Å². The van der Waals surface area contributed by atoms with Crippen molar-refractivity contribution in [2.24, 2.45) is 5.92 Å². The standard InChI is InChI=1S/C16H21NO2/c1-19-16(18)15(14-10-6-3-7-11-14)17-12-13-8-4-2-5-9-13/h2-4,6-7,10-11,13,15,17H,5,8-9,12H2,1H3. The Morgan fingerprint density at radius 1 is 1.37 bits per heavy atom. The molecule has 3 heteroatoms.